The Morgan fingerprint density at radius 2 is 1.56 bits per heavy atom. The highest BCUT2D eigenvalue weighted by Crippen LogP contribution is 2.27. The fraction of sp³-hybridized carbons (Fsp3) is 0.133. The first-order valence-corrected chi connectivity index (χ1v) is 12.6. The molecule has 4 aromatic carbocycles. The Morgan fingerprint density at radius 1 is 0.872 bits per heavy atom. The van der Waals surface area contributed by atoms with Gasteiger partial charge < -0.3 is 19.7 Å². The second-order valence-corrected chi connectivity index (χ2v) is 9.15. The number of rotatable bonds is 5. The average Bonchev–Trinajstić information content (AvgIpc) is 3.42. The molecule has 192 valence electrons. The topological polar surface area (TPSA) is 117 Å². The van der Waals surface area contributed by atoms with Crippen LogP contribution in [0.5, 0.6) is 5.75 Å². The van der Waals surface area contributed by atoms with E-state index in [-0.39, 0.29) is 5.75 Å². The monoisotopic (exact) mass is 517 g/mol. The molecule has 6 rings (SSSR count). The molecule has 1 fully saturated rings. The number of nitrogens with one attached hydrogen (secondary N) is 1. The van der Waals surface area contributed by atoms with Crippen molar-refractivity contribution in [1.29, 1.82) is 0 Å². The zero-order chi connectivity index (χ0) is 26.6. The predicted octanol–water partition coefficient (Wildman–Crippen LogP) is 5.88. The molecule has 9 heteroatoms. The van der Waals surface area contributed by atoms with Crippen LogP contribution in [0, 0.1) is 0 Å². The maximum atomic E-state index is 12.5. The van der Waals surface area contributed by atoms with Crippen molar-refractivity contribution in [3.63, 3.8) is 0 Å². The molecule has 1 saturated heterocycles. The van der Waals surface area contributed by atoms with E-state index in [9.17, 15) is 9.90 Å². The first-order valence-electron chi connectivity index (χ1n) is 12.6. The van der Waals surface area contributed by atoms with Crippen LogP contribution in [-0.2, 0) is 4.74 Å². The van der Waals surface area contributed by atoms with Gasteiger partial charge in [0.05, 0.1) is 24.2 Å². The highest BCUT2D eigenvalue weighted by atomic mass is 16.5. The summed E-state index contributed by atoms with van der Waals surface area (Å²) >= 11 is 0. The minimum absolute atomic E-state index is 0.232. The van der Waals surface area contributed by atoms with Crippen molar-refractivity contribution in [3.8, 4) is 28.3 Å². The second-order valence-electron chi connectivity index (χ2n) is 9.15. The van der Waals surface area contributed by atoms with Crippen molar-refractivity contribution in [3.05, 3.63) is 96.6 Å². The summed E-state index contributed by atoms with van der Waals surface area (Å²) in [5.41, 5.74) is 6.72. The number of aromatic nitrogens is 2. The van der Waals surface area contributed by atoms with Gasteiger partial charge in [-0.05, 0) is 71.8 Å². The highest BCUT2D eigenvalue weighted by Gasteiger charge is 2.13. The van der Waals surface area contributed by atoms with E-state index in [0.29, 0.717) is 17.1 Å². The molecule has 0 radical (unpaired) electrons. The molecule has 5 aromatic rings. The molecule has 2 N–H and O–H groups in total. The fourth-order valence-corrected chi connectivity index (χ4v) is 4.47. The van der Waals surface area contributed by atoms with Gasteiger partial charge in [0.1, 0.15) is 11.6 Å². The summed E-state index contributed by atoms with van der Waals surface area (Å²) in [5, 5.41) is 17.3. The summed E-state index contributed by atoms with van der Waals surface area (Å²) in [6, 6.07) is 27.7. The van der Waals surface area contributed by atoms with Crippen molar-refractivity contribution in [2.45, 2.75) is 0 Å². The highest BCUT2D eigenvalue weighted by molar-refractivity contribution is 5.95. The number of aromatic hydroxyl groups is 1. The van der Waals surface area contributed by atoms with Crippen LogP contribution in [0.3, 0.4) is 0 Å². The molecule has 0 unspecified atom stereocenters. The Labute approximate surface area is 224 Å². The van der Waals surface area contributed by atoms with Crippen LogP contribution in [0.4, 0.5) is 11.4 Å². The summed E-state index contributed by atoms with van der Waals surface area (Å²) in [6.07, 6.45) is 0. The second kappa shape index (κ2) is 10.7. The van der Waals surface area contributed by atoms with Crippen molar-refractivity contribution >= 4 is 28.3 Å². The number of fused-ring (bicyclic) bond motifs is 1. The normalized spacial score (nSPS) is 13.2. The van der Waals surface area contributed by atoms with Gasteiger partial charge in [0.15, 0.2) is 10.8 Å². The number of phenols is 1. The zero-order valence-corrected chi connectivity index (χ0v) is 21.0. The lowest BCUT2D eigenvalue weighted by atomic mass is 10.1. The van der Waals surface area contributed by atoms with Crippen molar-refractivity contribution < 1.29 is 14.6 Å². The number of nitrogens with zero attached hydrogens (tertiary/aromatic N) is 5. The molecule has 0 atom stereocenters. The van der Waals surface area contributed by atoms with E-state index >= 15 is 0 Å². The first kappa shape index (κ1) is 24.2. The van der Waals surface area contributed by atoms with Gasteiger partial charge in [-0.15, -0.1) is 0 Å². The Bertz CT molecular complexity index is 1680. The smallest absolute Gasteiger partial charge is 0.360 e. The van der Waals surface area contributed by atoms with Crippen LogP contribution in [0.25, 0.3) is 33.5 Å². The number of H-pyrrole nitrogens is 1. The molecule has 1 aromatic heterocycles. The van der Waals surface area contributed by atoms with Gasteiger partial charge in [-0.1, -0.05) is 30.3 Å². The van der Waals surface area contributed by atoms with Crippen LogP contribution < -0.4 is 9.81 Å². The lowest BCUT2D eigenvalue weighted by Crippen LogP contribution is -2.36. The predicted molar refractivity (Wildman–Crippen MR) is 149 cm³/mol. The van der Waals surface area contributed by atoms with Gasteiger partial charge in [0.2, 0.25) is 10.0 Å². The number of morpholine rings is 1. The van der Waals surface area contributed by atoms with E-state index in [4.69, 9.17) is 4.74 Å². The van der Waals surface area contributed by atoms with Crippen LogP contribution in [0.2, 0.25) is 0 Å². The minimum Gasteiger partial charge on any atom is -0.508 e. The number of benzene rings is 4. The standard InChI is InChI=1S/C30H24N6O3/c37-26-12-5-20(6-13-26)23-7-14-27-28(19-23)32-29(31-27)21-1-3-22(4-2-21)30(38)34-35-33-24-8-10-25(11-9-24)36-15-17-39-18-16-36/h1-14,19H,15-18H2,(H,33,34,38)/p+1. The molecule has 39 heavy (non-hydrogen) atoms. The van der Waals surface area contributed by atoms with Gasteiger partial charge in [0.25, 0.3) is 0 Å². The summed E-state index contributed by atoms with van der Waals surface area (Å²) in [6.45, 7) is 3.18. The number of carbonyl (C=O) groups excluding carboxylic acids is 1. The number of hydrogen-bond acceptors (Lipinski definition) is 6. The van der Waals surface area contributed by atoms with Crippen LogP contribution >= 0.6 is 0 Å². The number of hydrogen-bond donors (Lipinski definition) is 2. The molecular weight excluding hydrogens is 492 g/mol. The number of anilines is 1. The average molecular weight is 518 g/mol. The molecule has 1 aliphatic heterocycles. The fourth-order valence-electron chi connectivity index (χ4n) is 4.47. The Morgan fingerprint density at radius 3 is 2.31 bits per heavy atom. The number of phenolic OH excluding ortho intramolecular Hbond substituents is 1. The SMILES string of the molecule is O=C(N=[N+]=Nc1ccc(N2CCOCC2)cc1)c1ccc(-c2nc3ccc(-c4ccc(O)cc4)cc3[nH]2)cc1. The first-order chi connectivity index (χ1) is 19.1. The summed E-state index contributed by atoms with van der Waals surface area (Å²) in [4.78, 5) is 26.5. The largest absolute Gasteiger partial charge is 0.508 e. The van der Waals surface area contributed by atoms with Gasteiger partial charge >= 0.3 is 5.91 Å². The van der Waals surface area contributed by atoms with Gasteiger partial charge in [-0.3, -0.25) is 4.79 Å². The maximum absolute atomic E-state index is 12.5. The van der Waals surface area contributed by atoms with Crippen LogP contribution in [-0.4, -0.2) is 47.3 Å². The third-order valence-corrected chi connectivity index (χ3v) is 6.61. The minimum atomic E-state index is -0.474. The van der Waals surface area contributed by atoms with E-state index < -0.39 is 5.91 Å². The van der Waals surface area contributed by atoms with Crippen molar-refractivity contribution in [1.82, 2.24) is 14.9 Å². The third kappa shape index (κ3) is 5.45. The van der Waals surface area contributed by atoms with Crippen LogP contribution in [0.1, 0.15) is 10.4 Å². The van der Waals surface area contributed by atoms with Crippen molar-refractivity contribution in [2.24, 2.45) is 10.2 Å². The van der Waals surface area contributed by atoms with E-state index in [2.05, 4.69) is 30.0 Å². The van der Waals surface area contributed by atoms with E-state index in [0.717, 1.165) is 59.7 Å². The van der Waals surface area contributed by atoms with Gasteiger partial charge in [0, 0.05) is 29.9 Å². The number of amides is 1. The van der Waals surface area contributed by atoms with Gasteiger partial charge in [-0.25, -0.2) is 4.98 Å². The lowest BCUT2D eigenvalue weighted by Gasteiger charge is -2.28. The summed E-state index contributed by atoms with van der Waals surface area (Å²) in [7, 11) is 0. The molecule has 0 spiro atoms. The molecule has 0 aliphatic carbocycles. The lowest BCUT2D eigenvalue weighted by molar-refractivity contribution is 0.0992. The van der Waals surface area contributed by atoms with E-state index in [1.54, 1.807) is 24.3 Å². The Hall–Kier alpha value is -5.11. The molecule has 2 heterocycles. The molecule has 9 nitrogen and oxygen atoms in total. The molecular formula is C30H25N6O3+. The third-order valence-electron chi connectivity index (χ3n) is 6.61. The zero-order valence-electron chi connectivity index (χ0n) is 21.0. The van der Waals surface area contributed by atoms with E-state index in [1.807, 2.05) is 66.7 Å². The number of imidazole rings is 1. The number of carbonyl (C=O) groups is 1. The quantitative estimate of drug-likeness (QED) is 0.223. The number of aromatic amines is 1. The van der Waals surface area contributed by atoms with Crippen LogP contribution in [0.15, 0.2) is 101 Å². The Balaban J connectivity index is 1.13. The Kier molecular flexibility index (Phi) is 6.66. The molecule has 1 amide bonds. The van der Waals surface area contributed by atoms with Crippen molar-refractivity contribution in [2.75, 3.05) is 31.2 Å². The molecule has 0 bridgehead atoms. The number of ether oxygens (including phenoxy) is 1. The molecule has 1 aliphatic rings. The maximum Gasteiger partial charge on any atom is 0.360 e. The summed E-state index contributed by atoms with van der Waals surface area (Å²) < 4.78 is 5.39. The molecule has 0 saturated carbocycles. The summed E-state index contributed by atoms with van der Waals surface area (Å²) in [5.74, 6) is 0.457. The van der Waals surface area contributed by atoms with Gasteiger partial charge in [-0.2, -0.15) is 0 Å². The van der Waals surface area contributed by atoms with E-state index in [1.165, 1.54) is 0 Å².